The van der Waals surface area contributed by atoms with Gasteiger partial charge < -0.3 is 9.47 Å². The predicted molar refractivity (Wildman–Crippen MR) is 128 cm³/mol. The van der Waals surface area contributed by atoms with Gasteiger partial charge >= 0.3 is 0 Å². The predicted octanol–water partition coefficient (Wildman–Crippen LogP) is 8.18. The van der Waals surface area contributed by atoms with Crippen LogP contribution in [0.4, 0.5) is 4.39 Å². The number of pyridine rings is 1. The number of alkyl halides is 1. The normalized spacial score (nSPS) is 12.0. The number of hydrogen-bond acceptors (Lipinski definition) is 3. The second kappa shape index (κ2) is 15.7. The summed E-state index contributed by atoms with van der Waals surface area (Å²) in [7, 11) is 0. The van der Waals surface area contributed by atoms with Gasteiger partial charge in [0.2, 0.25) is 0 Å². The summed E-state index contributed by atoms with van der Waals surface area (Å²) in [6.45, 7) is 5.26. The van der Waals surface area contributed by atoms with Crippen LogP contribution < -0.4 is 9.47 Å². The van der Waals surface area contributed by atoms with E-state index in [0.717, 1.165) is 42.9 Å². The molecule has 31 heavy (non-hydrogen) atoms. The molecule has 0 bridgehead atoms. The van der Waals surface area contributed by atoms with Crippen LogP contribution in [0.5, 0.6) is 11.5 Å². The molecule has 0 N–H and O–H groups in total. The fourth-order valence-corrected chi connectivity index (χ4v) is 3.49. The average molecular weight is 430 g/mol. The molecule has 172 valence electrons. The molecule has 0 aliphatic carbocycles. The van der Waals surface area contributed by atoms with E-state index < -0.39 is 6.17 Å². The van der Waals surface area contributed by atoms with E-state index in [0.29, 0.717) is 12.2 Å². The van der Waals surface area contributed by atoms with Crippen molar-refractivity contribution < 1.29 is 13.9 Å². The molecule has 4 heteroatoms. The van der Waals surface area contributed by atoms with Crippen LogP contribution >= 0.6 is 0 Å². The van der Waals surface area contributed by atoms with Crippen molar-refractivity contribution >= 4 is 0 Å². The minimum absolute atomic E-state index is 0.119. The van der Waals surface area contributed by atoms with Gasteiger partial charge in [-0.3, -0.25) is 4.98 Å². The van der Waals surface area contributed by atoms with Crippen LogP contribution in [-0.4, -0.2) is 24.4 Å². The molecule has 1 aromatic heterocycles. The second-order valence-corrected chi connectivity index (χ2v) is 8.28. The Balaban J connectivity index is 1.69. The van der Waals surface area contributed by atoms with Crippen molar-refractivity contribution in [2.75, 3.05) is 13.2 Å². The average Bonchev–Trinajstić information content (AvgIpc) is 2.81. The summed E-state index contributed by atoms with van der Waals surface area (Å²) in [6.07, 6.45) is 13.4. The first-order valence-corrected chi connectivity index (χ1v) is 12.2. The highest BCUT2D eigenvalue weighted by molar-refractivity contribution is 5.60. The standard InChI is InChI=1S/C27H40FNO2/c1-3-5-7-9-10-12-20-30-26-18-19-27(29-21-26)23-14-16-25(17-15-23)31-22-24(28)13-11-8-6-4-2/h14-19,21,24H,3-13,20,22H2,1-2H3. The topological polar surface area (TPSA) is 31.4 Å². The number of benzene rings is 1. The van der Waals surface area contributed by atoms with E-state index in [1.54, 1.807) is 6.20 Å². The fourth-order valence-electron chi connectivity index (χ4n) is 3.49. The third-order valence-electron chi connectivity index (χ3n) is 5.45. The van der Waals surface area contributed by atoms with Gasteiger partial charge in [-0.25, -0.2) is 4.39 Å². The van der Waals surface area contributed by atoms with Crippen molar-refractivity contribution in [1.29, 1.82) is 0 Å². The summed E-state index contributed by atoms with van der Waals surface area (Å²) in [6, 6.07) is 11.6. The molecule has 1 atom stereocenters. The number of rotatable bonds is 17. The second-order valence-electron chi connectivity index (χ2n) is 8.28. The van der Waals surface area contributed by atoms with E-state index >= 15 is 0 Å². The summed E-state index contributed by atoms with van der Waals surface area (Å²) in [4.78, 5) is 4.52. The van der Waals surface area contributed by atoms with Crippen LogP contribution in [0.15, 0.2) is 42.6 Å². The Morgan fingerprint density at radius 3 is 2.06 bits per heavy atom. The first-order chi connectivity index (χ1) is 15.2. The molecule has 0 saturated carbocycles. The molecular formula is C27H40FNO2. The van der Waals surface area contributed by atoms with Crippen LogP contribution in [0.25, 0.3) is 11.3 Å². The van der Waals surface area contributed by atoms with Crippen LogP contribution in [-0.2, 0) is 0 Å². The zero-order valence-corrected chi connectivity index (χ0v) is 19.5. The Bertz CT molecular complexity index is 687. The van der Waals surface area contributed by atoms with Crippen LogP contribution in [0.1, 0.15) is 84.5 Å². The third-order valence-corrected chi connectivity index (χ3v) is 5.45. The van der Waals surface area contributed by atoms with Crippen molar-refractivity contribution in [3.8, 4) is 22.8 Å². The Morgan fingerprint density at radius 1 is 0.742 bits per heavy atom. The first kappa shape index (κ1) is 25.2. The minimum atomic E-state index is -0.901. The van der Waals surface area contributed by atoms with E-state index in [1.165, 1.54) is 44.9 Å². The minimum Gasteiger partial charge on any atom is -0.492 e. The number of aromatic nitrogens is 1. The lowest BCUT2D eigenvalue weighted by Crippen LogP contribution is -2.12. The van der Waals surface area contributed by atoms with Gasteiger partial charge in [-0.1, -0.05) is 71.6 Å². The third kappa shape index (κ3) is 10.7. The molecule has 0 spiro atoms. The highest BCUT2D eigenvalue weighted by atomic mass is 19.1. The highest BCUT2D eigenvalue weighted by Gasteiger charge is 2.08. The molecule has 0 fully saturated rings. The Labute approximate surface area is 188 Å². The van der Waals surface area contributed by atoms with E-state index in [1.807, 2.05) is 36.4 Å². The largest absolute Gasteiger partial charge is 0.492 e. The van der Waals surface area contributed by atoms with Crippen molar-refractivity contribution in [3.63, 3.8) is 0 Å². The van der Waals surface area contributed by atoms with Crippen molar-refractivity contribution in [1.82, 2.24) is 4.98 Å². The van der Waals surface area contributed by atoms with Gasteiger partial charge in [0.15, 0.2) is 0 Å². The van der Waals surface area contributed by atoms with E-state index in [2.05, 4.69) is 18.8 Å². The van der Waals surface area contributed by atoms with Gasteiger partial charge in [0.25, 0.3) is 0 Å². The van der Waals surface area contributed by atoms with Crippen LogP contribution in [0, 0.1) is 0 Å². The van der Waals surface area contributed by atoms with Gasteiger partial charge in [0.1, 0.15) is 24.3 Å². The number of ether oxygens (including phenoxy) is 2. The smallest absolute Gasteiger partial charge is 0.137 e. The van der Waals surface area contributed by atoms with Crippen molar-refractivity contribution in [2.24, 2.45) is 0 Å². The van der Waals surface area contributed by atoms with E-state index in [9.17, 15) is 4.39 Å². The lowest BCUT2D eigenvalue weighted by atomic mass is 10.1. The molecule has 0 aliphatic rings. The lowest BCUT2D eigenvalue weighted by molar-refractivity contribution is 0.184. The molecule has 2 aromatic rings. The SMILES string of the molecule is CCCCCCCCOc1ccc(-c2ccc(OCC(F)CCCCCC)cc2)nc1. The van der Waals surface area contributed by atoms with Crippen molar-refractivity contribution in [2.45, 2.75) is 90.6 Å². The van der Waals surface area contributed by atoms with Crippen LogP contribution in [0.3, 0.4) is 0 Å². The molecule has 1 heterocycles. The number of halogens is 1. The quantitative estimate of drug-likeness (QED) is 0.238. The maximum absolute atomic E-state index is 13.9. The molecular weight excluding hydrogens is 389 g/mol. The van der Waals surface area contributed by atoms with Gasteiger partial charge in [-0.15, -0.1) is 0 Å². The maximum Gasteiger partial charge on any atom is 0.137 e. The Morgan fingerprint density at radius 2 is 1.39 bits per heavy atom. The number of nitrogens with zero attached hydrogens (tertiary/aromatic N) is 1. The number of unbranched alkanes of at least 4 members (excludes halogenated alkanes) is 8. The molecule has 0 amide bonds. The summed E-state index contributed by atoms with van der Waals surface area (Å²) >= 11 is 0. The van der Waals surface area contributed by atoms with Crippen LogP contribution in [0.2, 0.25) is 0 Å². The maximum atomic E-state index is 13.9. The number of hydrogen-bond donors (Lipinski definition) is 0. The van der Waals surface area contributed by atoms with Gasteiger partial charge in [-0.05, 0) is 49.2 Å². The van der Waals surface area contributed by atoms with Gasteiger partial charge in [0, 0.05) is 5.56 Å². The van der Waals surface area contributed by atoms with Gasteiger partial charge in [0.05, 0.1) is 18.5 Å². The lowest BCUT2D eigenvalue weighted by Gasteiger charge is -2.11. The van der Waals surface area contributed by atoms with Crippen molar-refractivity contribution in [3.05, 3.63) is 42.6 Å². The molecule has 0 aliphatic heterocycles. The fraction of sp³-hybridized carbons (Fsp3) is 0.593. The summed E-state index contributed by atoms with van der Waals surface area (Å²) in [5.41, 5.74) is 1.89. The zero-order valence-electron chi connectivity index (χ0n) is 19.5. The van der Waals surface area contributed by atoms with Gasteiger partial charge in [-0.2, -0.15) is 0 Å². The Hall–Kier alpha value is -2.10. The van der Waals surface area contributed by atoms with E-state index in [-0.39, 0.29) is 6.61 Å². The molecule has 1 aromatic carbocycles. The molecule has 0 saturated heterocycles. The summed E-state index contributed by atoms with van der Waals surface area (Å²) in [5, 5.41) is 0. The molecule has 1 unspecified atom stereocenters. The zero-order chi connectivity index (χ0) is 22.2. The monoisotopic (exact) mass is 429 g/mol. The summed E-state index contributed by atoms with van der Waals surface area (Å²) in [5.74, 6) is 1.50. The molecule has 3 nitrogen and oxygen atoms in total. The highest BCUT2D eigenvalue weighted by Crippen LogP contribution is 2.23. The molecule has 2 rings (SSSR count). The Kier molecular flexibility index (Phi) is 12.7. The van der Waals surface area contributed by atoms with E-state index in [4.69, 9.17) is 9.47 Å². The summed E-state index contributed by atoms with van der Waals surface area (Å²) < 4.78 is 25.3. The molecule has 0 radical (unpaired) electrons. The first-order valence-electron chi connectivity index (χ1n) is 12.2.